The van der Waals surface area contributed by atoms with E-state index >= 15 is 0 Å². The minimum atomic E-state index is -3.16. The third kappa shape index (κ3) is 5.09. The largest absolute Gasteiger partial charge is 0.381 e. The number of hydrogen-bond acceptors (Lipinski definition) is 3. The summed E-state index contributed by atoms with van der Waals surface area (Å²) in [5, 5.41) is 0. The second-order valence-electron chi connectivity index (χ2n) is 5.58. The Hall–Kier alpha value is -0.910. The number of aryl methyl sites for hydroxylation is 1. The summed E-state index contributed by atoms with van der Waals surface area (Å²) in [6.45, 7) is 4.59. The van der Waals surface area contributed by atoms with Crippen molar-refractivity contribution >= 4 is 10.0 Å². The normalized spacial score (nSPS) is 20.5. The van der Waals surface area contributed by atoms with Crippen LogP contribution in [0, 0.1) is 5.92 Å². The van der Waals surface area contributed by atoms with Crippen molar-refractivity contribution in [3.63, 3.8) is 0 Å². The van der Waals surface area contributed by atoms with Crippen molar-refractivity contribution in [3.05, 3.63) is 35.9 Å². The lowest BCUT2D eigenvalue weighted by Crippen LogP contribution is -2.42. The molecule has 1 heterocycles. The maximum atomic E-state index is 12.5. The Morgan fingerprint density at radius 2 is 2.05 bits per heavy atom. The quantitative estimate of drug-likeness (QED) is 0.776. The average molecular weight is 311 g/mol. The van der Waals surface area contributed by atoms with Gasteiger partial charge in [0.2, 0.25) is 10.0 Å². The molecule has 1 fully saturated rings. The van der Waals surface area contributed by atoms with Crippen LogP contribution in [0.25, 0.3) is 0 Å². The van der Waals surface area contributed by atoms with Crippen molar-refractivity contribution in [2.75, 3.05) is 32.1 Å². The molecule has 0 saturated carbocycles. The highest BCUT2D eigenvalue weighted by atomic mass is 32.2. The number of benzene rings is 1. The molecule has 4 nitrogen and oxygen atoms in total. The molecule has 1 aromatic rings. The molecular weight excluding hydrogens is 286 g/mol. The molecule has 21 heavy (non-hydrogen) atoms. The van der Waals surface area contributed by atoms with Crippen LogP contribution >= 0.6 is 0 Å². The molecule has 0 N–H and O–H groups in total. The van der Waals surface area contributed by atoms with Crippen molar-refractivity contribution in [3.8, 4) is 0 Å². The fourth-order valence-electron chi connectivity index (χ4n) is 2.72. The zero-order chi connectivity index (χ0) is 15.1. The molecule has 0 aromatic heterocycles. The molecular formula is C16H25NO3S. The van der Waals surface area contributed by atoms with Gasteiger partial charge in [0.1, 0.15) is 0 Å². The zero-order valence-electron chi connectivity index (χ0n) is 12.7. The second-order valence-corrected chi connectivity index (χ2v) is 7.67. The third-order valence-corrected chi connectivity index (χ3v) is 5.76. The Kier molecular flexibility index (Phi) is 6.21. The van der Waals surface area contributed by atoms with Gasteiger partial charge in [-0.2, -0.15) is 0 Å². The van der Waals surface area contributed by atoms with E-state index in [1.807, 2.05) is 37.3 Å². The Labute approximate surface area is 128 Å². The molecule has 2 rings (SSSR count). The van der Waals surface area contributed by atoms with E-state index in [1.165, 1.54) is 0 Å². The van der Waals surface area contributed by atoms with E-state index in [0.29, 0.717) is 38.6 Å². The lowest BCUT2D eigenvalue weighted by atomic mass is 10.0. The number of hydrogen-bond donors (Lipinski definition) is 0. The predicted molar refractivity (Wildman–Crippen MR) is 84.7 cm³/mol. The molecule has 0 spiro atoms. The molecule has 1 unspecified atom stereocenters. The molecule has 5 heteroatoms. The van der Waals surface area contributed by atoms with Gasteiger partial charge in [-0.3, -0.25) is 0 Å². The number of rotatable bonds is 7. The Balaban J connectivity index is 1.89. The fourth-order valence-corrected chi connectivity index (χ4v) is 4.32. The van der Waals surface area contributed by atoms with Crippen LogP contribution in [0.4, 0.5) is 0 Å². The summed E-state index contributed by atoms with van der Waals surface area (Å²) in [7, 11) is -3.16. The fraction of sp³-hybridized carbons (Fsp3) is 0.625. The van der Waals surface area contributed by atoms with Crippen LogP contribution in [-0.4, -0.2) is 44.8 Å². The first-order valence-corrected chi connectivity index (χ1v) is 9.32. The summed E-state index contributed by atoms with van der Waals surface area (Å²) in [5.41, 5.74) is 1.07. The van der Waals surface area contributed by atoms with Crippen molar-refractivity contribution in [2.24, 2.45) is 5.92 Å². The highest BCUT2D eigenvalue weighted by molar-refractivity contribution is 7.89. The molecule has 0 bridgehead atoms. The predicted octanol–water partition coefficient (Wildman–Crippen LogP) is 2.31. The van der Waals surface area contributed by atoms with Crippen molar-refractivity contribution < 1.29 is 13.2 Å². The summed E-state index contributed by atoms with van der Waals surface area (Å²) in [6, 6.07) is 9.79. The van der Waals surface area contributed by atoms with Crippen molar-refractivity contribution in [2.45, 2.75) is 26.2 Å². The van der Waals surface area contributed by atoms with Gasteiger partial charge in [0.05, 0.1) is 12.4 Å². The van der Waals surface area contributed by atoms with Crippen LogP contribution in [0.15, 0.2) is 30.3 Å². The molecule has 1 atom stereocenters. The summed E-state index contributed by atoms with van der Waals surface area (Å²) in [4.78, 5) is 0. The summed E-state index contributed by atoms with van der Waals surface area (Å²) in [5.74, 6) is 0.531. The number of ether oxygens (including phenoxy) is 1. The standard InChI is InChI=1S/C16H25NO3S/c1-2-20-14-16-9-6-11-17(13-16)21(18,19)12-10-15-7-4-3-5-8-15/h3-5,7-8,16H,2,6,9-14H2,1H3. The van der Waals surface area contributed by atoms with Gasteiger partial charge < -0.3 is 4.74 Å². The van der Waals surface area contributed by atoms with E-state index in [4.69, 9.17) is 4.74 Å². The minimum Gasteiger partial charge on any atom is -0.381 e. The Morgan fingerprint density at radius 3 is 2.76 bits per heavy atom. The maximum Gasteiger partial charge on any atom is 0.214 e. The smallest absolute Gasteiger partial charge is 0.214 e. The molecule has 0 amide bonds. The summed E-state index contributed by atoms with van der Waals surface area (Å²) >= 11 is 0. The van der Waals surface area contributed by atoms with Crippen LogP contribution in [0.3, 0.4) is 0 Å². The van der Waals surface area contributed by atoms with E-state index in [0.717, 1.165) is 18.4 Å². The summed E-state index contributed by atoms with van der Waals surface area (Å²) < 4.78 is 32.0. The topological polar surface area (TPSA) is 46.6 Å². The second kappa shape index (κ2) is 7.92. The van der Waals surface area contributed by atoms with Gasteiger partial charge in [-0.25, -0.2) is 12.7 Å². The molecule has 1 aliphatic rings. The van der Waals surface area contributed by atoms with Crippen LogP contribution in [0.1, 0.15) is 25.3 Å². The van der Waals surface area contributed by atoms with E-state index in [9.17, 15) is 8.42 Å². The molecule has 0 aliphatic carbocycles. The number of nitrogens with zero attached hydrogens (tertiary/aromatic N) is 1. The van der Waals surface area contributed by atoms with Gasteiger partial charge in [0.15, 0.2) is 0 Å². The Morgan fingerprint density at radius 1 is 1.29 bits per heavy atom. The first-order chi connectivity index (χ1) is 10.1. The average Bonchev–Trinajstić information content (AvgIpc) is 2.52. The van der Waals surface area contributed by atoms with E-state index in [1.54, 1.807) is 4.31 Å². The van der Waals surface area contributed by atoms with E-state index in [2.05, 4.69) is 0 Å². The van der Waals surface area contributed by atoms with E-state index < -0.39 is 10.0 Å². The maximum absolute atomic E-state index is 12.5. The SMILES string of the molecule is CCOCC1CCCN(S(=O)(=O)CCc2ccccc2)C1. The van der Waals surface area contributed by atoms with Gasteiger partial charge in [-0.05, 0) is 37.7 Å². The van der Waals surface area contributed by atoms with Crippen LogP contribution < -0.4 is 0 Å². The third-order valence-electron chi connectivity index (χ3n) is 3.92. The van der Waals surface area contributed by atoms with Crippen LogP contribution in [-0.2, 0) is 21.2 Å². The van der Waals surface area contributed by atoms with Crippen molar-refractivity contribution in [1.29, 1.82) is 0 Å². The summed E-state index contributed by atoms with van der Waals surface area (Å²) in [6.07, 6.45) is 2.57. The van der Waals surface area contributed by atoms with Gasteiger partial charge in [0.25, 0.3) is 0 Å². The van der Waals surface area contributed by atoms with Gasteiger partial charge in [0, 0.05) is 19.7 Å². The molecule has 0 radical (unpaired) electrons. The first-order valence-electron chi connectivity index (χ1n) is 7.71. The van der Waals surface area contributed by atoms with E-state index in [-0.39, 0.29) is 5.75 Å². The minimum absolute atomic E-state index is 0.193. The van der Waals surface area contributed by atoms with Crippen LogP contribution in [0.2, 0.25) is 0 Å². The lowest BCUT2D eigenvalue weighted by Gasteiger charge is -2.31. The van der Waals surface area contributed by atoms with Crippen LogP contribution in [0.5, 0.6) is 0 Å². The van der Waals surface area contributed by atoms with Crippen molar-refractivity contribution in [1.82, 2.24) is 4.31 Å². The van der Waals surface area contributed by atoms with Gasteiger partial charge >= 0.3 is 0 Å². The first kappa shape index (κ1) is 16.5. The van der Waals surface area contributed by atoms with Gasteiger partial charge in [-0.1, -0.05) is 30.3 Å². The zero-order valence-corrected chi connectivity index (χ0v) is 13.5. The Bertz CT molecular complexity index is 516. The molecule has 118 valence electrons. The molecule has 1 aromatic carbocycles. The number of sulfonamides is 1. The monoisotopic (exact) mass is 311 g/mol. The molecule has 1 saturated heterocycles. The highest BCUT2D eigenvalue weighted by Crippen LogP contribution is 2.20. The lowest BCUT2D eigenvalue weighted by molar-refractivity contribution is 0.0864. The van der Waals surface area contributed by atoms with Gasteiger partial charge in [-0.15, -0.1) is 0 Å². The number of piperidine rings is 1. The highest BCUT2D eigenvalue weighted by Gasteiger charge is 2.28. The molecule has 1 aliphatic heterocycles.